The monoisotopic (exact) mass is 378 g/mol. The molecule has 0 bridgehead atoms. The first-order chi connectivity index (χ1) is 14.9. The molecule has 0 saturated carbocycles. The second kappa shape index (κ2) is 8.00. The quantitative estimate of drug-likeness (QED) is 0.260. The lowest BCUT2D eigenvalue weighted by molar-refractivity contribution is 1.60. The third-order valence-electron chi connectivity index (χ3n) is 5.15. The zero-order chi connectivity index (χ0) is 20.2. The molecule has 0 aliphatic rings. The zero-order valence-corrected chi connectivity index (χ0v) is 16.4. The molecular formula is C30H18. The summed E-state index contributed by atoms with van der Waals surface area (Å²) in [5.74, 6) is 13.2. The number of rotatable bonds is 0. The molecule has 5 aromatic carbocycles. The minimum Gasteiger partial charge on any atom is -0.0616 e. The molecule has 0 N–H and O–H groups in total. The van der Waals surface area contributed by atoms with Crippen LogP contribution < -0.4 is 0 Å². The summed E-state index contributed by atoms with van der Waals surface area (Å²) in [5.41, 5.74) is 4.07. The first kappa shape index (κ1) is 17.8. The molecule has 30 heavy (non-hydrogen) atoms. The van der Waals surface area contributed by atoms with E-state index in [4.69, 9.17) is 0 Å². The molecule has 0 fully saturated rings. The molecule has 0 spiro atoms. The molecule has 0 saturated heterocycles. The van der Waals surface area contributed by atoms with Gasteiger partial charge >= 0.3 is 0 Å². The summed E-state index contributed by atoms with van der Waals surface area (Å²) in [7, 11) is 0. The Hall–Kier alpha value is -4.26. The Balaban J connectivity index is 1.41. The van der Waals surface area contributed by atoms with Gasteiger partial charge in [0, 0.05) is 22.3 Å². The van der Waals surface area contributed by atoms with Crippen molar-refractivity contribution in [1.82, 2.24) is 0 Å². The van der Waals surface area contributed by atoms with Crippen LogP contribution >= 0.6 is 0 Å². The van der Waals surface area contributed by atoms with Crippen molar-refractivity contribution in [2.45, 2.75) is 0 Å². The van der Waals surface area contributed by atoms with E-state index in [1.54, 1.807) is 0 Å². The Bertz CT molecular complexity index is 1350. The van der Waals surface area contributed by atoms with Crippen LogP contribution in [-0.2, 0) is 0 Å². The van der Waals surface area contributed by atoms with Gasteiger partial charge in [-0.15, -0.1) is 0 Å². The van der Waals surface area contributed by atoms with Gasteiger partial charge in [-0.3, -0.25) is 0 Å². The van der Waals surface area contributed by atoms with Gasteiger partial charge in [0.25, 0.3) is 0 Å². The van der Waals surface area contributed by atoms with Crippen LogP contribution in [0.4, 0.5) is 0 Å². The highest BCUT2D eigenvalue weighted by Crippen LogP contribution is 2.18. The van der Waals surface area contributed by atoms with Gasteiger partial charge in [0.05, 0.1) is 0 Å². The predicted octanol–water partition coefficient (Wildman–Crippen LogP) is 6.79. The largest absolute Gasteiger partial charge is 0.0616 e. The molecule has 0 aromatic heterocycles. The highest BCUT2D eigenvalue weighted by atomic mass is 14.0. The minimum absolute atomic E-state index is 0.985. The van der Waals surface area contributed by atoms with Crippen molar-refractivity contribution in [1.29, 1.82) is 0 Å². The van der Waals surface area contributed by atoms with E-state index in [2.05, 4.69) is 109 Å². The number of hydrogen-bond donors (Lipinski definition) is 0. The van der Waals surface area contributed by atoms with Crippen LogP contribution in [0.15, 0.2) is 109 Å². The van der Waals surface area contributed by atoms with Crippen LogP contribution in [0.1, 0.15) is 22.3 Å². The molecule has 5 rings (SSSR count). The standard InChI is InChI=1S/C30H18/c1-3-13-29-25(7-1)9-5-11-27(29)21-19-23-15-17-24(18-16-23)20-22-28-12-6-10-26-8-2-4-14-30(26)28/h1-18H. The van der Waals surface area contributed by atoms with Gasteiger partial charge in [-0.05, 0) is 57.9 Å². The molecule has 0 heterocycles. The van der Waals surface area contributed by atoms with Crippen LogP contribution in [0.2, 0.25) is 0 Å². The molecule has 0 radical (unpaired) electrons. The van der Waals surface area contributed by atoms with Crippen molar-refractivity contribution < 1.29 is 0 Å². The highest BCUT2D eigenvalue weighted by molar-refractivity contribution is 5.89. The molecule has 0 nitrogen and oxygen atoms in total. The predicted molar refractivity (Wildman–Crippen MR) is 126 cm³/mol. The maximum absolute atomic E-state index is 3.32. The van der Waals surface area contributed by atoms with Gasteiger partial charge < -0.3 is 0 Å². The molecule has 5 aromatic rings. The summed E-state index contributed by atoms with van der Waals surface area (Å²) in [5, 5.41) is 4.79. The fraction of sp³-hybridized carbons (Fsp3) is 0. The van der Waals surface area contributed by atoms with Crippen molar-refractivity contribution in [2.24, 2.45) is 0 Å². The minimum atomic E-state index is 0.985. The lowest BCUT2D eigenvalue weighted by atomic mass is 10.0. The second-order valence-electron chi connectivity index (χ2n) is 7.13. The third-order valence-corrected chi connectivity index (χ3v) is 5.15. The van der Waals surface area contributed by atoms with Gasteiger partial charge in [0.15, 0.2) is 0 Å². The normalized spacial score (nSPS) is 10.1. The van der Waals surface area contributed by atoms with Crippen LogP contribution in [0.5, 0.6) is 0 Å². The van der Waals surface area contributed by atoms with Crippen molar-refractivity contribution in [2.75, 3.05) is 0 Å². The fourth-order valence-corrected chi connectivity index (χ4v) is 3.58. The molecule has 0 amide bonds. The van der Waals surface area contributed by atoms with Gasteiger partial charge in [0.1, 0.15) is 0 Å². The zero-order valence-electron chi connectivity index (χ0n) is 16.4. The highest BCUT2D eigenvalue weighted by Gasteiger charge is 1.98. The van der Waals surface area contributed by atoms with Crippen molar-refractivity contribution in [3.8, 4) is 23.7 Å². The van der Waals surface area contributed by atoms with E-state index in [-0.39, 0.29) is 0 Å². The van der Waals surface area contributed by atoms with Crippen LogP contribution in [-0.4, -0.2) is 0 Å². The molecule has 0 unspecified atom stereocenters. The molecule has 0 atom stereocenters. The van der Waals surface area contributed by atoms with E-state index in [9.17, 15) is 0 Å². The summed E-state index contributed by atoms with van der Waals surface area (Å²) in [6, 6.07) is 37.3. The Kier molecular flexibility index (Phi) is 4.75. The third kappa shape index (κ3) is 3.68. The number of benzene rings is 5. The second-order valence-corrected chi connectivity index (χ2v) is 7.13. The Morgan fingerprint density at radius 3 is 1.20 bits per heavy atom. The van der Waals surface area contributed by atoms with E-state index in [0.29, 0.717) is 0 Å². The lowest BCUT2D eigenvalue weighted by Gasteiger charge is -2.00. The van der Waals surface area contributed by atoms with E-state index in [0.717, 1.165) is 22.3 Å². The van der Waals surface area contributed by atoms with Gasteiger partial charge in [-0.2, -0.15) is 0 Å². The number of hydrogen-bond acceptors (Lipinski definition) is 0. The van der Waals surface area contributed by atoms with E-state index >= 15 is 0 Å². The summed E-state index contributed by atoms with van der Waals surface area (Å²) < 4.78 is 0. The maximum atomic E-state index is 3.32. The van der Waals surface area contributed by atoms with Crippen molar-refractivity contribution in [3.63, 3.8) is 0 Å². The van der Waals surface area contributed by atoms with Gasteiger partial charge in [0.2, 0.25) is 0 Å². The Morgan fingerprint density at radius 1 is 0.333 bits per heavy atom. The van der Waals surface area contributed by atoms with Crippen LogP contribution in [0.25, 0.3) is 21.5 Å². The SMILES string of the molecule is C(#Cc1cccc2ccccc12)c1ccc(C#Cc2cccc3ccccc23)cc1. The van der Waals surface area contributed by atoms with Crippen LogP contribution in [0.3, 0.4) is 0 Å². The molecular weight excluding hydrogens is 360 g/mol. The van der Waals surface area contributed by atoms with Crippen LogP contribution in [0, 0.1) is 23.7 Å². The summed E-state index contributed by atoms with van der Waals surface area (Å²) in [6.07, 6.45) is 0. The van der Waals surface area contributed by atoms with E-state index in [1.165, 1.54) is 21.5 Å². The first-order valence-electron chi connectivity index (χ1n) is 9.96. The molecule has 138 valence electrons. The lowest BCUT2D eigenvalue weighted by Crippen LogP contribution is -1.81. The number of fused-ring (bicyclic) bond motifs is 2. The average molecular weight is 378 g/mol. The Morgan fingerprint density at radius 2 is 0.733 bits per heavy atom. The average Bonchev–Trinajstić information content (AvgIpc) is 2.82. The van der Waals surface area contributed by atoms with Crippen molar-refractivity contribution in [3.05, 3.63) is 131 Å². The Labute approximate surface area is 176 Å². The smallest absolute Gasteiger partial charge is 0.0327 e. The fourth-order valence-electron chi connectivity index (χ4n) is 3.58. The van der Waals surface area contributed by atoms with Gasteiger partial charge in [-0.25, -0.2) is 0 Å². The first-order valence-corrected chi connectivity index (χ1v) is 9.96. The molecule has 0 aliphatic carbocycles. The van der Waals surface area contributed by atoms with Crippen molar-refractivity contribution >= 4 is 21.5 Å². The summed E-state index contributed by atoms with van der Waals surface area (Å²) in [6.45, 7) is 0. The molecule has 0 aliphatic heterocycles. The summed E-state index contributed by atoms with van der Waals surface area (Å²) in [4.78, 5) is 0. The summed E-state index contributed by atoms with van der Waals surface area (Å²) >= 11 is 0. The maximum Gasteiger partial charge on any atom is 0.0327 e. The van der Waals surface area contributed by atoms with Gasteiger partial charge in [-0.1, -0.05) is 96.5 Å². The van der Waals surface area contributed by atoms with E-state index in [1.807, 2.05) is 24.3 Å². The topological polar surface area (TPSA) is 0 Å². The van der Waals surface area contributed by atoms with E-state index < -0.39 is 0 Å². The molecule has 0 heteroatoms.